The van der Waals surface area contributed by atoms with Crippen molar-refractivity contribution >= 4 is 40.0 Å². The molecule has 0 saturated carbocycles. The number of hydrogen-bond acceptors (Lipinski definition) is 5. The highest BCUT2D eigenvalue weighted by molar-refractivity contribution is 7.04. The Kier molecular flexibility index (Phi) is 5.19. The van der Waals surface area contributed by atoms with Crippen molar-refractivity contribution in [1.29, 1.82) is 0 Å². The van der Waals surface area contributed by atoms with Gasteiger partial charge in [0.15, 0.2) is 17.4 Å². The number of amides is 2. The van der Waals surface area contributed by atoms with Crippen molar-refractivity contribution in [3.63, 3.8) is 0 Å². The molecule has 3 aromatic heterocycles. The standard InChI is InChI=1S/C18H10F5N5O2S/c19-11-3-8(27-17(29)28-9-5-26-31-7-9)4-12(20)15(11)30-13-1-2-24-16-14(13)10(6-25-16)18(21,22)23/h1-7H,(H,24,25)(H2,27,28,29). The highest BCUT2D eigenvalue weighted by atomic mass is 32.1. The minimum atomic E-state index is -4.74. The molecule has 0 aliphatic carbocycles. The maximum Gasteiger partial charge on any atom is 0.418 e. The first-order valence-corrected chi connectivity index (χ1v) is 9.23. The number of carbonyl (C=O) groups excluding carboxylic acids is 1. The SMILES string of the molecule is O=C(Nc1cnsc1)Nc1cc(F)c(Oc2ccnc3[nH]cc(C(F)(F)F)c23)c(F)c1. The topological polar surface area (TPSA) is 91.9 Å². The van der Waals surface area contributed by atoms with Gasteiger partial charge in [0, 0.05) is 35.6 Å². The number of aromatic amines is 1. The molecule has 0 aliphatic rings. The number of pyridine rings is 1. The van der Waals surface area contributed by atoms with E-state index in [-0.39, 0.29) is 11.3 Å². The van der Waals surface area contributed by atoms with Crippen LogP contribution < -0.4 is 15.4 Å². The summed E-state index contributed by atoms with van der Waals surface area (Å²) in [6.07, 6.45) is -1.54. The van der Waals surface area contributed by atoms with E-state index in [4.69, 9.17) is 4.74 Å². The van der Waals surface area contributed by atoms with Gasteiger partial charge in [0.05, 0.1) is 22.8 Å². The molecule has 0 aliphatic heterocycles. The summed E-state index contributed by atoms with van der Waals surface area (Å²) in [5, 5.41) is 5.71. The van der Waals surface area contributed by atoms with Gasteiger partial charge in [0.2, 0.25) is 0 Å². The molecule has 0 unspecified atom stereocenters. The molecule has 0 saturated heterocycles. The largest absolute Gasteiger partial charge is 0.450 e. The Labute approximate surface area is 174 Å². The number of rotatable bonds is 4. The number of urea groups is 1. The van der Waals surface area contributed by atoms with Crippen molar-refractivity contribution in [2.24, 2.45) is 0 Å². The van der Waals surface area contributed by atoms with Crippen molar-refractivity contribution in [3.8, 4) is 11.5 Å². The van der Waals surface area contributed by atoms with Gasteiger partial charge in [-0.15, -0.1) is 0 Å². The number of nitrogens with one attached hydrogen (secondary N) is 3. The van der Waals surface area contributed by atoms with E-state index in [0.29, 0.717) is 11.9 Å². The number of ether oxygens (including phenoxy) is 1. The molecule has 0 atom stereocenters. The monoisotopic (exact) mass is 455 g/mol. The van der Waals surface area contributed by atoms with Crippen LogP contribution in [0.25, 0.3) is 11.0 Å². The van der Waals surface area contributed by atoms with Gasteiger partial charge in [0.25, 0.3) is 0 Å². The van der Waals surface area contributed by atoms with Crippen molar-refractivity contribution in [3.05, 3.63) is 59.4 Å². The van der Waals surface area contributed by atoms with Crippen molar-refractivity contribution in [2.45, 2.75) is 6.18 Å². The quantitative estimate of drug-likeness (QED) is 0.342. The Morgan fingerprint density at radius 1 is 1.13 bits per heavy atom. The van der Waals surface area contributed by atoms with E-state index in [1.807, 2.05) is 0 Å². The Morgan fingerprint density at radius 2 is 1.84 bits per heavy atom. The smallest absolute Gasteiger partial charge is 0.418 e. The third-order valence-corrected chi connectivity index (χ3v) is 4.59. The van der Waals surface area contributed by atoms with Crippen molar-refractivity contribution in [2.75, 3.05) is 10.6 Å². The average molecular weight is 455 g/mol. The van der Waals surface area contributed by atoms with Crippen LogP contribution in [-0.4, -0.2) is 20.4 Å². The lowest BCUT2D eigenvalue weighted by Crippen LogP contribution is -2.19. The minimum absolute atomic E-state index is 0.163. The lowest BCUT2D eigenvalue weighted by atomic mass is 10.2. The van der Waals surface area contributed by atoms with Crippen molar-refractivity contribution in [1.82, 2.24) is 14.3 Å². The van der Waals surface area contributed by atoms with Gasteiger partial charge in [-0.25, -0.2) is 18.6 Å². The van der Waals surface area contributed by atoms with Crippen LogP contribution in [0.1, 0.15) is 5.56 Å². The van der Waals surface area contributed by atoms with Gasteiger partial charge in [0.1, 0.15) is 11.4 Å². The number of carbonyl (C=O) groups is 1. The first kappa shape index (κ1) is 20.5. The van der Waals surface area contributed by atoms with Crippen LogP contribution in [0.15, 0.2) is 42.2 Å². The molecule has 2 amide bonds. The molecule has 160 valence electrons. The third kappa shape index (κ3) is 4.26. The Bertz CT molecular complexity index is 1230. The van der Waals surface area contributed by atoms with E-state index in [9.17, 15) is 26.7 Å². The zero-order valence-electron chi connectivity index (χ0n) is 15.1. The molecule has 0 bridgehead atoms. The number of nitrogens with zero attached hydrogens (tertiary/aromatic N) is 2. The second-order valence-electron chi connectivity index (χ2n) is 6.10. The van der Waals surface area contributed by atoms with Gasteiger partial charge in [-0.1, -0.05) is 0 Å². The van der Waals surface area contributed by atoms with Crippen LogP contribution in [0.5, 0.6) is 11.5 Å². The molecule has 3 N–H and O–H groups in total. The summed E-state index contributed by atoms with van der Waals surface area (Å²) >= 11 is 1.09. The maximum absolute atomic E-state index is 14.5. The molecular weight excluding hydrogens is 445 g/mol. The number of hydrogen-bond donors (Lipinski definition) is 3. The number of halogens is 5. The lowest BCUT2D eigenvalue weighted by Gasteiger charge is -2.13. The predicted molar refractivity (Wildman–Crippen MR) is 102 cm³/mol. The van der Waals surface area contributed by atoms with Crippen LogP contribution >= 0.6 is 11.5 Å². The van der Waals surface area contributed by atoms with Gasteiger partial charge in [-0.3, -0.25) is 0 Å². The number of benzene rings is 1. The second-order valence-corrected chi connectivity index (χ2v) is 6.75. The fourth-order valence-electron chi connectivity index (χ4n) is 2.73. The third-order valence-electron chi connectivity index (χ3n) is 4.00. The van der Waals surface area contributed by atoms with Gasteiger partial charge >= 0.3 is 12.2 Å². The number of fused-ring (bicyclic) bond motifs is 1. The van der Waals surface area contributed by atoms with Gasteiger partial charge < -0.3 is 20.4 Å². The zero-order chi connectivity index (χ0) is 22.2. The lowest BCUT2D eigenvalue weighted by molar-refractivity contribution is -0.136. The molecule has 4 aromatic rings. The summed E-state index contributed by atoms with van der Waals surface area (Å²) in [6, 6.07) is 1.82. The van der Waals surface area contributed by atoms with Crippen molar-refractivity contribution < 1.29 is 31.5 Å². The molecule has 1 aromatic carbocycles. The fourth-order valence-corrected chi connectivity index (χ4v) is 3.20. The van der Waals surface area contributed by atoms with E-state index in [1.165, 1.54) is 6.20 Å². The van der Waals surface area contributed by atoms with Crippen LogP contribution in [0.3, 0.4) is 0 Å². The zero-order valence-corrected chi connectivity index (χ0v) is 15.9. The Balaban J connectivity index is 1.61. The minimum Gasteiger partial charge on any atom is -0.450 e. The van der Waals surface area contributed by atoms with Crippen LogP contribution in [0, 0.1) is 11.6 Å². The first-order valence-electron chi connectivity index (χ1n) is 8.40. The highest BCUT2D eigenvalue weighted by Gasteiger charge is 2.35. The van der Waals surface area contributed by atoms with E-state index in [1.54, 1.807) is 5.38 Å². The predicted octanol–water partition coefficient (Wildman–Crippen LogP) is 5.75. The molecule has 13 heteroatoms. The number of alkyl halides is 3. The summed E-state index contributed by atoms with van der Waals surface area (Å²) in [7, 11) is 0. The van der Waals surface area contributed by atoms with E-state index in [2.05, 4.69) is 25.0 Å². The van der Waals surface area contributed by atoms with E-state index in [0.717, 1.165) is 35.9 Å². The number of anilines is 2. The second kappa shape index (κ2) is 7.83. The van der Waals surface area contributed by atoms with E-state index >= 15 is 0 Å². The Morgan fingerprint density at radius 3 is 2.48 bits per heavy atom. The average Bonchev–Trinajstić information content (AvgIpc) is 3.34. The van der Waals surface area contributed by atoms with Crippen LogP contribution in [0.2, 0.25) is 0 Å². The van der Waals surface area contributed by atoms with Crippen LogP contribution in [-0.2, 0) is 6.18 Å². The molecule has 31 heavy (non-hydrogen) atoms. The fraction of sp³-hybridized carbons (Fsp3) is 0.0556. The normalized spacial score (nSPS) is 11.5. The summed E-state index contributed by atoms with van der Waals surface area (Å²) in [6.45, 7) is 0. The molecule has 0 radical (unpaired) electrons. The Hall–Kier alpha value is -3.74. The van der Waals surface area contributed by atoms with Crippen LogP contribution in [0.4, 0.5) is 38.1 Å². The number of aromatic nitrogens is 3. The molecule has 4 rings (SSSR count). The molecule has 0 spiro atoms. The maximum atomic E-state index is 14.5. The summed E-state index contributed by atoms with van der Waals surface area (Å²) in [4.78, 5) is 18.0. The van der Waals surface area contributed by atoms with E-state index < -0.39 is 46.3 Å². The summed E-state index contributed by atoms with van der Waals surface area (Å²) in [5.41, 5.74) is -1.11. The first-order chi connectivity index (χ1) is 14.7. The van der Waals surface area contributed by atoms with Gasteiger partial charge in [-0.2, -0.15) is 17.5 Å². The summed E-state index contributed by atoms with van der Waals surface area (Å²) < 4.78 is 77.6. The molecule has 7 nitrogen and oxygen atoms in total. The highest BCUT2D eigenvalue weighted by Crippen LogP contribution is 2.40. The van der Waals surface area contributed by atoms with Gasteiger partial charge in [-0.05, 0) is 17.6 Å². The molecule has 0 fully saturated rings. The molecule has 3 heterocycles. The molecular formula is C18H10F5N5O2S. The summed E-state index contributed by atoms with van der Waals surface area (Å²) in [5.74, 6) is -3.85. The number of H-pyrrole nitrogens is 1.